The molecule has 1 aromatic carbocycles. The Morgan fingerprint density at radius 1 is 0.767 bits per heavy atom. The van der Waals surface area contributed by atoms with Gasteiger partial charge in [-0.15, -0.1) is 0 Å². The molecule has 0 saturated heterocycles. The van der Waals surface area contributed by atoms with E-state index < -0.39 is 18.3 Å². The number of amides is 3. The summed E-state index contributed by atoms with van der Waals surface area (Å²) in [5, 5.41) is 0. The summed E-state index contributed by atoms with van der Waals surface area (Å²) in [6.07, 6.45) is 1.65. The highest BCUT2D eigenvalue weighted by Crippen LogP contribution is 2.12. The molecule has 0 bridgehead atoms. The first-order valence-corrected chi connectivity index (χ1v) is 10.5. The Bertz CT molecular complexity index is 668. The Labute approximate surface area is 178 Å². The van der Waals surface area contributed by atoms with Crippen molar-refractivity contribution in [2.45, 2.75) is 59.3 Å². The first-order chi connectivity index (χ1) is 14.5. The van der Waals surface area contributed by atoms with Crippen LogP contribution in [0.4, 0.5) is 14.4 Å². The smallest absolute Gasteiger partial charge is 0.435 e. The van der Waals surface area contributed by atoms with Crippen LogP contribution in [0, 0.1) is 0 Å². The van der Waals surface area contributed by atoms with Crippen molar-refractivity contribution in [3.63, 3.8) is 0 Å². The lowest BCUT2D eigenvalue weighted by molar-refractivity contribution is 0.0946. The van der Waals surface area contributed by atoms with Gasteiger partial charge in [0.2, 0.25) is 0 Å². The molecule has 30 heavy (non-hydrogen) atoms. The van der Waals surface area contributed by atoms with Crippen LogP contribution in [-0.2, 0) is 14.2 Å². The van der Waals surface area contributed by atoms with Crippen molar-refractivity contribution in [2.24, 2.45) is 4.99 Å². The standard InChI is InChI=1S/C22H32N2O6/c1-4-7-15-28-20(25)23-19(18-13-11-10-12-14-18)24(21(26)29-16-8-5-2)22(27)30-17-9-6-3/h10-14H,4-9,15-17H2,1-3H3. The van der Waals surface area contributed by atoms with Gasteiger partial charge in [0.1, 0.15) is 0 Å². The summed E-state index contributed by atoms with van der Waals surface area (Å²) in [5.74, 6) is -0.194. The second-order valence-corrected chi connectivity index (χ2v) is 6.54. The molecule has 0 saturated carbocycles. The van der Waals surface area contributed by atoms with Gasteiger partial charge in [0.05, 0.1) is 19.8 Å². The number of carbonyl (C=O) groups excluding carboxylic acids is 3. The third-order valence-electron chi connectivity index (χ3n) is 3.98. The second kappa shape index (κ2) is 15.0. The highest BCUT2D eigenvalue weighted by molar-refractivity contribution is 6.17. The molecule has 0 aliphatic heterocycles. The molecule has 0 fully saturated rings. The number of imide groups is 1. The number of aliphatic imine (C=N–C) groups is 1. The van der Waals surface area contributed by atoms with E-state index in [0.29, 0.717) is 29.7 Å². The maximum absolute atomic E-state index is 12.7. The van der Waals surface area contributed by atoms with Gasteiger partial charge in [-0.2, -0.15) is 9.89 Å². The lowest BCUT2D eigenvalue weighted by atomic mass is 10.2. The van der Waals surface area contributed by atoms with E-state index in [1.807, 2.05) is 20.8 Å². The number of rotatable bonds is 10. The molecule has 0 atom stereocenters. The van der Waals surface area contributed by atoms with E-state index in [-0.39, 0.29) is 25.7 Å². The van der Waals surface area contributed by atoms with Crippen LogP contribution in [0.15, 0.2) is 35.3 Å². The summed E-state index contributed by atoms with van der Waals surface area (Å²) < 4.78 is 15.5. The summed E-state index contributed by atoms with van der Waals surface area (Å²) in [7, 11) is 0. The van der Waals surface area contributed by atoms with Crippen LogP contribution in [0.5, 0.6) is 0 Å². The summed E-state index contributed by atoms with van der Waals surface area (Å²) >= 11 is 0. The SMILES string of the molecule is CCCCOC(=O)N=C(c1ccccc1)N(C(=O)OCCCC)C(=O)OCCCC. The molecular weight excluding hydrogens is 388 g/mol. The van der Waals surface area contributed by atoms with Gasteiger partial charge in [0.15, 0.2) is 5.84 Å². The van der Waals surface area contributed by atoms with Gasteiger partial charge in [-0.05, 0) is 19.3 Å². The predicted molar refractivity (Wildman–Crippen MR) is 114 cm³/mol. The summed E-state index contributed by atoms with van der Waals surface area (Å²) in [6, 6.07) is 8.43. The summed E-state index contributed by atoms with van der Waals surface area (Å²) in [4.78, 5) is 42.2. The van der Waals surface area contributed by atoms with Crippen LogP contribution in [0.25, 0.3) is 0 Å². The Morgan fingerprint density at radius 2 is 1.23 bits per heavy atom. The number of nitrogens with zero attached hydrogens (tertiary/aromatic N) is 2. The highest BCUT2D eigenvalue weighted by Gasteiger charge is 2.32. The highest BCUT2D eigenvalue weighted by atomic mass is 16.6. The Balaban J connectivity index is 3.22. The first-order valence-electron chi connectivity index (χ1n) is 10.5. The predicted octanol–water partition coefficient (Wildman–Crippen LogP) is 5.55. The average Bonchev–Trinajstić information content (AvgIpc) is 2.74. The number of amidine groups is 1. The molecule has 0 aliphatic carbocycles. The van der Waals surface area contributed by atoms with Gasteiger partial charge in [-0.1, -0.05) is 70.4 Å². The van der Waals surface area contributed by atoms with Crippen LogP contribution in [-0.4, -0.2) is 48.8 Å². The fraction of sp³-hybridized carbons (Fsp3) is 0.545. The minimum absolute atomic E-state index is 0.136. The zero-order chi connectivity index (χ0) is 22.2. The number of benzene rings is 1. The molecule has 0 heterocycles. The molecule has 0 unspecified atom stereocenters. The van der Waals surface area contributed by atoms with Crippen molar-refractivity contribution in [1.82, 2.24) is 4.90 Å². The van der Waals surface area contributed by atoms with Crippen molar-refractivity contribution in [3.05, 3.63) is 35.9 Å². The molecule has 166 valence electrons. The van der Waals surface area contributed by atoms with E-state index in [9.17, 15) is 14.4 Å². The topological polar surface area (TPSA) is 94.5 Å². The molecule has 0 radical (unpaired) electrons. The van der Waals surface area contributed by atoms with E-state index in [1.54, 1.807) is 30.3 Å². The number of ether oxygens (including phenoxy) is 3. The molecule has 8 heteroatoms. The number of hydrogen-bond donors (Lipinski definition) is 0. The van der Waals surface area contributed by atoms with Crippen LogP contribution < -0.4 is 0 Å². The Kier molecular flexibility index (Phi) is 12.6. The van der Waals surface area contributed by atoms with E-state index in [2.05, 4.69) is 4.99 Å². The van der Waals surface area contributed by atoms with Gasteiger partial charge in [-0.3, -0.25) is 0 Å². The van der Waals surface area contributed by atoms with Gasteiger partial charge < -0.3 is 14.2 Å². The van der Waals surface area contributed by atoms with Crippen LogP contribution >= 0.6 is 0 Å². The van der Waals surface area contributed by atoms with Crippen molar-refractivity contribution in [3.8, 4) is 0 Å². The monoisotopic (exact) mass is 420 g/mol. The minimum Gasteiger partial charge on any atom is -0.449 e. The largest absolute Gasteiger partial charge is 0.449 e. The van der Waals surface area contributed by atoms with E-state index >= 15 is 0 Å². The van der Waals surface area contributed by atoms with Crippen molar-refractivity contribution in [2.75, 3.05) is 19.8 Å². The van der Waals surface area contributed by atoms with Crippen LogP contribution in [0.2, 0.25) is 0 Å². The quantitative estimate of drug-likeness (QED) is 0.213. The second-order valence-electron chi connectivity index (χ2n) is 6.54. The van der Waals surface area contributed by atoms with E-state index in [1.165, 1.54) is 0 Å². The van der Waals surface area contributed by atoms with Crippen LogP contribution in [0.3, 0.4) is 0 Å². The first kappa shape index (κ1) is 25.1. The molecule has 0 aliphatic rings. The maximum atomic E-state index is 12.7. The fourth-order valence-electron chi connectivity index (χ4n) is 2.24. The van der Waals surface area contributed by atoms with Crippen molar-refractivity contribution >= 4 is 24.1 Å². The zero-order valence-corrected chi connectivity index (χ0v) is 18.1. The number of hydrogen-bond acceptors (Lipinski definition) is 6. The Hall–Kier alpha value is -2.90. The maximum Gasteiger partial charge on any atom is 0.435 e. The molecule has 0 spiro atoms. The Morgan fingerprint density at radius 3 is 1.70 bits per heavy atom. The van der Waals surface area contributed by atoms with Gasteiger partial charge >= 0.3 is 18.3 Å². The van der Waals surface area contributed by atoms with E-state index in [4.69, 9.17) is 14.2 Å². The van der Waals surface area contributed by atoms with Crippen LogP contribution in [0.1, 0.15) is 64.9 Å². The van der Waals surface area contributed by atoms with Gasteiger partial charge in [-0.25, -0.2) is 14.4 Å². The lowest BCUT2D eigenvalue weighted by Crippen LogP contribution is -2.43. The molecular formula is C22H32N2O6. The summed E-state index contributed by atoms with van der Waals surface area (Å²) in [6.45, 7) is 6.34. The van der Waals surface area contributed by atoms with E-state index in [0.717, 1.165) is 19.3 Å². The molecule has 1 rings (SSSR count). The van der Waals surface area contributed by atoms with Crippen molar-refractivity contribution < 1.29 is 28.6 Å². The molecule has 1 aromatic rings. The van der Waals surface area contributed by atoms with Gasteiger partial charge in [0, 0.05) is 5.56 Å². The number of unbranched alkanes of at least 4 members (excludes halogenated alkanes) is 3. The average molecular weight is 421 g/mol. The molecule has 8 nitrogen and oxygen atoms in total. The normalized spacial score (nSPS) is 11.0. The third kappa shape index (κ3) is 9.07. The summed E-state index contributed by atoms with van der Waals surface area (Å²) in [5.41, 5.74) is 0.379. The minimum atomic E-state index is -0.950. The molecule has 0 N–H and O–H groups in total. The fourth-order valence-corrected chi connectivity index (χ4v) is 2.24. The molecule has 0 aromatic heterocycles. The third-order valence-corrected chi connectivity index (χ3v) is 3.98. The van der Waals surface area contributed by atoms with Crippen molar-refractivity contribution in [1.29, 1.82) is 0 Å². The van der Waals surface area contributed by atoms with Gasteiger partial charge in [0.25, 0.3) is 0 Å². The lowest BCUT2D eigenvalue weighted by Gasteiger charge is -2.21. The molecule has 3 amide bonds. The zero-order valence-electron chi connectivity index (χ0n) is 18.1. The number of carbonyl (C=O) groups is 3.